The Kier molecular flexibility index (Phi) is 6.72. The van der Waals surface area contributed by atoms with Crippen LogP contribution in [0, 0.1) is 11.3 Å². The number of hydrogen-bond donors (Lipinski definition) is 1. The summed E-state index contributed by atoms with van der Waals surface area (Å²) in [6.07, 6.45) is -0.616. The number of likely N-dealkylation sites (tertiary alicyclic amines) is 1. The van der Waals surface area contributed by atoms with Gasteiger partial charge in [0.2, 0.25) is 5.91 Å². The second-order valence-corrected chi connectivity index (χ2v) is 11.3. The van der Waals surface area contributed by atoms with Gasteiger partial charge in [-0.15, -0.1) is 0 Å². The monoisotopic (exact) mass is 524 g/mol. The molecule has 5 atom stereocenters. The number of carbonyl (C=O) groups excluding carboxylic acids is 1. The molecule has 204 valence electrons. The number of ether oxygens (including phenoxy) is 3. The summed E-state index contributed by atoms with van der Waals surface area (Å²) in [7, 11) is 1.70. The van der Waals surface area contributed by atoms with Crippen LogP contribution in [0.2, 0.25) is 0 Å². The molecule has 4 aliphatic heterocycles. The molecule has 1 N–H and O–H groups in total. The first-order chi connectivity index (χ1) is 17.8. The molecule has 4 fully saturated rings. The van der Waals surface area contributed by atoms with Gasteiger partial charge in [0.15, 0.2) is 0 Å². The lowest BCUT2D eigenvalue weighted by molar-refractivity contribution is -0.144. The van der Waals surface area contributed by atoms with Gasteiger partial charge in [-0.2, -0.15) is 13.2 Å². The molecule has 0 radical (unpaired) electrons. The summed E-state index contributed by atoms with van der Waals surface area (Å²) in [6.45, 7) is 4.82. The topological polar surface area (TPSA) is 76.2 Å². The second-order valence-electron chi connectivity index (χ2n) is 11.3. The molecule has 1 saturated carbocycles. The van der Waals surface area contributed by atoms with Crippen molar-refractivity contribution in [2.75, 3.05) is 53.2 Å². The summed E-state index contributed by atoms with van der Waals surface area (Å²) >= 11 is 0. The molecule has 1 aliphatic carbocycles. The fourth-order valence-corrected chi connectivity index (χ4v) is 7.09. The van der Waals surface area contributed by atoms with E-state index < -0.39 is 17.2 Å². The Morgan fingerprint density at radius 2 is 2.11 bits per heavy atom. The van der Waals surface area contributed by atoms with Gasteiger partial charge in [0.25, 0.3) is 0 Å². The Hall–Kier alpha value is -1.79. The number of hydrogen-bond acceptors (Lipinski definition) is 7. The van der Waals surface area contributed by atoms with Crippen molar-refractivity contribution in [1.29, 1.82) is 0 Å². The van der Waals surface area contributed by atoms with Crippen LogP contribution in [0.4, 0.5) is 13.2 Å². The zero-order valence-corrected chi connectivity index (χ0v) is 21.1. The highest BCUT2D eigenvalue weighted by Gasteiger charge is 2.60. The number of aromatic nitrogens is 1. The van der Waals surface area contributed by atoms with Crippen molar-refractivity contribution >= 4 is 5.91 Å². The van der Waals surface area contributed by atoms with Crippen LogP contribution in [0.15, 0.2) is 12.3 Å². The van der Waals surface area contributed by atoms with E-state index in [2.05, 4.69) is 15.2 Å². The molecule has 11 heteroatoms. The third kappa shape index (κ3) is 4.67. The van der Waals surface area contributed by atoms with E-state index in [1.807, 2.05) is 0 Å². The highest BCUT2D eigenvalue weighted by Crippen LogP contribution is 2.51. The highest BCUT2D eigenvalue weighted by molar-refractivity contribution is 5.84. The van der Waals surface area contributed by atoms with Crippen molar-refractivity contribution < 1.29 is 32.2 Å². The van der Waals surface area contributed by atoms with Crippen LogP contribution in [0.25, 0.3) is 0 Å². The van der Waals surface area contributed by atoms with Crippen LogP contribution in [-0.4, -0.2) is 98.1 Å². The van der Waals surface area contributed by atoms with Crippen LogP contribution < -0.4 is 5.32 Å². The van der Waals surface area contributed by atoms with Crippen LogP contribution in [0.3, 0.4) is 0 Å². The van der Waals surface area contributed by atoms with Crippen molar-refractivity contribution in [3.8, 4) is 0 Å². The van der Waals surface area contributed by atoms with E-state index in [0.29, 0.717) is 63.2 Å². The van der Waals surface area contributed by atoms with Gasteiger partial charge in [-0.3, -0.25) is 14.7 Å². The van der Waals surface area contributed by atoms with Crippen LogP contribution in [-0.2, 0) is 38.1 Å². The summed E-state index contributed by atoms with van der Waals surface area (Å²) < 4.78 is 56.6. The molecule has 5 heterocycles. The van der Waals surface area contributed by atoms with E-state index in [1.165, 1.54) is 6.07 Å². The number of rotatable bonds is 5. The summed E-state index contributed by atoms with van der Waals surface area (Å²) in [5.41, 5.74) is -0.153. The van der Waals surface area contributed by atoms with Gasteiger partial charge < -0.3 is 24.4 Å². The van der Waals surface area contributed by atoms with Gasteiger partial charge >= 0.3 is 6.18 Å². The number of amides is 1. The molecule has 5 unspecified atom stereocenters. The fraction of sp³-hybridized carbons (Fsp3) is 0.769. The lowest BCUT2D eigenvalue weighted by Gasteiger charge is -2.39. The minimum atomic E-state index is -4.45. The molecule has 1 aromatic heterocycles. The Morgan fingerprint density at radius 3 is 2.84 bits per heavy atom. The first-order valence-electron chi connectivity index (χ1n) is 13.3. The number of pyridine rings is 1. The van der Waals surface area contributed by atoms with Crippen LogP contribution >= 0.6 is 0 Å². The predicted molar refractivity (Wildman–Crippen MR) is 127 cm³/mol. The quantitative estimate of drug-likeness (QED) is 0.630. The SMILES string of the molecule is COC1COCCC1NC1CC2CN(C3COC3)CC2(C(=O)N2CCc3ncc(C(F)(F)F)cc3C2)C1. The Labute approximate surface area is 214 Å². The van der Waals surface area contributed by atoms with Gasteiger partial charge in [-0.1, -0.05) is 0 Å². The molecule has 0 spiro atoms. The molecule has 0 aromatic carbocycles. The molecular formula is C26H35F3N4O4. The maximum Gasteiger partial charge on any atom is 0.417 e. The number of carbonyl (C=O) groups is 1. The molecule has 8 nitrogen and oxygen atoms in total. The third-order valence-electron chi connectivity index (χ3n) is 9.17. The van der Waals surface area contributed by atoms with Crippen molar-refractivity contribution in [3.05, 3.63) is 29.1 Å². The molecule has 5 aliphatic rings. The normalized spacial score (nSPS) is 34.8. The summed E-state index contributed by atoms with van der Waals surface area (Å²) in [6, 6.07) is 1.87. The maximum atomic E-state index is 14.3. The Morgan fingerprint density at radius 1 is 1.27 bits per heavy atom. The van der Waals surface area contributed by atoms with Crippen molar-refractivity contribution in [2.24, 2.45) is 11.3 Å². The number of nitrogens with zero attached hydrogens (tertiary/aromatic N) is 3. The number of nitrogens with one attached hydrogen (secondary N) is 1. The molecule has 0 bridgehead atoms. The maximum absolute atomic E-state index is 14.3. The minimum Gasteiger partial charge on any atom is -0.379 e. The summed E-state index contributed by atoms with van der Waals surface area (Å²) in [4.78, 5) is 22.5. The smallest absolute Gasteiger partial charge is 0.379 e. The standard InChI is InChI=1S/C26H35F3N4O4/c1-35-23-14-36-5-3-22(23)31-19-7-18-11-33(20-12-37-13-20)15-25(18,8-19)24(34)32-4-2-21-16(10-32)6-17(9-30-21)26(27,28)29/h6,9,18-20,22-23,31H,2-5,7-8,10-15H2,1H3. The van der Waals surface area contributed by atoms with Gasteiger partial charge in [0.05, 0.1) is 42.9 Å². The fourth-order valence-electron chi connectivity index (χ4n) is 7.09. The molecular weight excluding hydrogens is 489 g/mol. The van der Waals surface area contributed by atoms with E-state index in [1.54, 1.807) is 12.0 Å². The van der Waals surface area contributed by atoms with E-state index in [4.69, 9.17) is 14.2 Å². The third-order valence-corrected chi connectivity index (χ3v) is 9.17. The Bertz CT molecular complexity index is 1020. The molecule has 3 saturated heterocycles. The zero-order chi connectivity index (χ0) is 25.8. The Balaban J connectivity index is 1.22. The van der Waals surface area contributed by atoms with E-state index in [0.717, 1.165) is 32.0 Å². The van der Waals surface area contributed by atoms with Gasteiger partial charge in [-0.25, -0.2) is 0 Å². The molecule has 1 aromatic rings. The average molecular weight is 525 g/mol. The second kappa shape index (κ2) is 9.75. The van der Waals surface area contributed by atoms with Crippen molar-refractivity contribution in [2.45, 2.75) is 62.6 Å². The number of alkyl halides is 3. The van der Waals surface area contributed by atoms with Gasteiger partial charge in [-0.05, 0) is 36.8 Å². The molecule has 37 heavy (non-hydrogen) atoms. The van der Waals surface area contributed by atoms with E-state index in [-0.39, 0.29) is 36.6 Å². The minimum absolute atomic E-state index is 0.0154. The van der Waals surface area contributed by atoms with Crippen LogP contribution in [0.1, 0.15) is 36.1 Å². The molecule has 6 rings (SSSR count). The predicted octanol–water partition coefficient (Wildman–Crippen LogP) is 1.86. The van der Waals surface area contributed by atoms with Gasteiger partial charge in [0, 0.05) is 70.3 Å². The first-order valence-corrected chi connectivity index (χ1v) is 13.3. The number of halogens is 3. The lowest BCUT2D eigenvalue weighted by Crippen LogP contribution is -2.54. The number of methoxy groups -OCH3 is 1. The first kappa shape index (κ1) is 25.5. The van der Waals surface area contributed by atoms with Gasteiger partial charge in [0.1, 0.15) is 0 Å². The largest absolute Gasteiger partial charge is 0.417 e. The number of fused-ring (bicyclic) bond motifs is 2. The van der Waals surface area contributed by atoms with Crippen LogP contribution in [0.5, 0.6) is 0 Å². The lowest BCUT2D eigenvalue weighted by atomic mass is 9.78. The highest BCUT2D eigenvalue weighted by atomic mass is 19.4. The van der Waals surface area contributed by atoms with Crippen molar-refractivity contribution in [1.82, 2.24) is 20.1 Å². The molecule has 1 amide bonds. The average Bonchev–Trinajstić information content (AvgIpc) is 3.36. The van der Waals surface area contributed by atoms with E-state index in [9.17, 15) is 18.0 Å². The zero-order valence-electron chi connectivity index (χ0n) is 21.1. The summed E-state index contributed by atoms with van der Waals surface area (Å²) in [5.74, 6) is 0.267. The summed E-state index contributed by atoms with van der Waals surface area (Å²) in [5, 5.41) is 3.79. The van der Waals surface area contributed by atoms with Crippen molar-refractivity contribution in [3.63, 3.8) is 0 Å². The van der Waals surface area contributed by atoms with E-state index >= 15 is 0 Å².